The molecule has 1 heterocycles. The Morgan fingerprint density at radius 2 is 2.35 bits per heavy atom. The van der Waals surface area contributed by atoms with Gasteiger partial charge >= 0.3 is 5.97 Å². The standard InChI is InChI=1S/C11H11N3O3/c1-17-10-4-8(2-3-9(10)11(15)16)5-14-7-12-6-13-14/h2-4,6-7H,5H2,1H3,(H,15,16). The van der Waals surface area contributed by atoms with Crippen molar-refractivity contribution in [2.45, 2.75) is 6.54 Å². The van der Waals surface area contributed by atoms with E-state index in [1.54, 1.807) is 23.1 Å². The molecule has 0 radical (unpaired) electrons. The molecule has 2 rings (SSSR count). The van der Waals surface area contributed by atoms with E-state index < -0.39 is 5.97 Å². The Morgan fingerprint density at radius 3 is 2.94 bits per heavy atom. The van der Waals surface area contributed by atoms with E-state index in [4.69, 9.17) is 9.84 Å². The topological polar surface area (TPSA) is 77.2 Å². The summed E-state index contributed by atoms with van der Waals surface area (Å²) in [7, 11) is 1.45. The number of aromatic nitrogens is 3. The molecule has 0 aliphatic heterocycles. The molecule has 0 spiro atoms. The van der Waals surface area contributed by atoms with Gasteiger partial charge in [0, 0.05) is 0 Å². The molecule has 0 unspecified atom stereocenters. The molecule has 0 fully saturated rings. The quantitative estimate of drug-likeness (QED) is 0.853. The summed E-state index contributed by atoms with van der Waals surface area (Å²) in [5, 5.41) is 12.9. The van der Waals surface area contributed by atoms with E-state index in [0.29, 0.717) is 12.3 Å². The Balaban J connectivity index is 2.28. The molecule has 6 heteroatoms. The molecule has 0 saturated heterocycles. The average molecular weight is 233 g/mol. The first-order valence-corrected chi connectivity index (χ1v) is 4.93. The summed E-state index contributed by atoms with van der Waals surface area (Å²) in [6.07, 6.45) is 3.04. The smallest absolute Gasteiger partial charge is 0.339 e. The first-order valence-electron chi connectivity index (χ1n) is 4.93. The predicted octanol–water partition coefficient (Wildman–Crippen LogP) is 1.03. The fourth-order valence-corrected chi connectivity index (χ4v) is 1.51. The lowest BCUT2D eigenvalue weighted by atomic mass is 10.1. The van der Waals surface area contributed by atoms with Crippen LogP contribution in [0.5, 0.6) is 5.75 Å². The van der Waals surface area contributed by atoms with Crippen molar-refractivity contribution in [3.63, 3.8) is 0 Å². The van der Waals surface area contributed by atoms with Gasteiger partial charge in [0.25, 0.3) is 0 Å². The number of rotatable bonds is 4. The molecule has 1 N–H and O–H groups in total. The van der Waals surface area contributed by atoms with Gasteiger partial charge in [-0.2, -0.15) is 5.10 Å². The molecule has 88 valence electrons. The highest BCUT2D eigenvalue weighted by Crippen LogP contribution is 2.20. The maximum atomic E-state index is 10.9. The number of carboxylic acid groups (broad SMARTS) is 1. The van der Waals surface area contributed by atoms with E-state index in [9.17, 15) is 4.79 Å². The van der Waals surface area contributed by atoms with E-state index in [0.717, 1.165) is 5.56 Å². The van der Waals surface area contributed by atoms with Crippen molar-refractivity contribution in [3.8, 4) is 5.75 Å². The minimum absolute atomic E-state index is 0.148. The summed E-state index contributed by atoms with van der Waals surface area (Å²) >= 11 is 0. The second kappa shape index (κ2) is 4.65. The van der Waals surface area contributed by atoms with Gasteiger partial charge in [0.2, 0.25) is 0 Å². The monoisotopic (exact) mass is 233 g/mol. The zero-order chi connectivity index (χ0) is 12.3. The van der Waals surface area contributed by atoms with E-state index in [1.165, 1.54) is 19.5 Å². The molecule has 2 aromatic rings. The van der Waals surface area contributed by atoms with E-state index >= 15 is 0 Å². The lowest BCUT2D eigenvalue weighted by molar-refractivity contribution is 0.0693. The summed E-state index contributed by atoms with van der Waals surface area (Å²) in [6, 6.07) is 4.94. The van der Waals surface area contributed by atoms with Gasteiger partial charge in [-0.3, -0.25) is 0 Å². The molecule has 0 aliphatic carbocycles. The first kappa shape index (κ1) is 11.1. The predicted molar refractivity (Wildman–Crippen MR) is 59.1 cm³/mol. The third kappa shape index (κ3) is 2.41. The van der Waals surface area contributed by atoms with E-state index in [1.807, 2.05) is 0 Å². The number of hydrogen-bond acceptors (Lipinski definition) is 4. The molecule has 6 nitrogen and oxygen atoms in total. The molecule has 1 aromatic carbocycles. The van der Waals surface area contributed by atoms with Crippen molar-refractivity contribution in [2.75, 3.05) is 7.11 Å². The van der Waals surface area contributed by atoms with Crippen LogP contribution in [0.2, 0.25) is 0 Å². The van der Waals surface area contributed by atoms with Crippen LogP contribution in [-0.2, 0) is 6.54 Å². The average Bonchev–Trinajstić information content (AvgIpc) is 2.81. The number of methoxy groups -OCH3 is 1. The molecule has 0 aliphatic rings. The number of benzene rings is 1. The Hall–Kier alpha value is -2.37. The highest BCUT2D eigenvalue weighted by molar-refractivity contribution is 5.90. The number of hydrogen-bond donors (Lipinski definition) is 1. The molecular weight excluding hydrogens is 222 g/mol. The molecule has 0 saturated carbocycles. The van der Waals surface area contributed by atoms with Gasteiger partial charge in [0.15, 0.2) is 0 Å². The van der Waals surface area contributed by atoms with Gasteiger partial charge < -0.3 is 9.84 Å². The van der Waals surface area contributed by atoms with Crippen molar-refractivity contribution in [3.05, 3.63) is 42.0 Å². The lowest BCUT2D eigenvalue weighted by Crippen LogP contribution is -2.04. The van der Waals surface area contributed by atoms with Crippen LogP contribution in [0, 0.1) is 0 Å². The fraction of sp³-hybridized carbons (Fsp3) is 0.182. The number of carboxylic acids is 1. The summed E-state index contributed by atoms with van der Waals surface area (Å²) in [5.74, 6) is -0.663. The Labute approximate surface area is 97.5 Å². The van der Waals surface area contributed by atoms with Crippen LogP contribution in [0.3, 0.4) is 0 Å². The maximum absolute atomic E-state index is 10.9. The van der Waals surface area contributed by atoms with Crippen molar-refractivity contribution < 1.29 is 14.6 Å². The number of ether oxygens (including phenoxy) is 1. The molecule has 17 heavy (non-hydrogen) atoms. The molecule has 0 atom stereocenters. The summed E-state index contributed by atoms with van der Waals surface area (Å²) in [5.41, 5.74) is 1.05. The first-order chi connectivity index (χ1) is 8.20. The van der Waals surface area contributed by atoms with Gasteiger partial charge in [0.1, 0.15) is 24.0 Å². The molecule has 0 amide bonds. The maximum Gasteiger partial charge on any atom is 0.339 e. The third-order valence-corrected chi connectivity index (χ3v) is 2.31. The van der Waals surface area contributed by atoms with Crippen molar-refractivity contribution >= 4 is 5.97 Å². The molecule has 1 aromatic heterocycles. The van der Waals surface area contributed by atoms with Crippen molar-refractivity contribution in [2.24, 2.45) is 0 Å². The largest absolute Gasteiger partial charge is 0.496 e. The summed E-state index contributed by atoms with van der Waals surface area (Å²) in [6.45, 7) is 0.524. The fourth-order valence-electron chi connectivity index (χ4n) is 1.51. The van der Waals surface area contributed by atoms with Gasteiger partial charge in [-0.05, 0) is 17.7 Å². The van der Waals surface area contributed by atoms with E-state index in [-0.39, 0.29) is 5.56 Å². The second-order valence-corrected chi connectivity index (χ2v) is 3.43. The van der Waals surface area contributed by atoms with Crippen LogP contribution in [0.4, 0.5) is 0 Å². The summed E-state index contributed by atoms with van der Waals surface area (Å²) < 4.78 is 6.69. The van der Waals surface area contributed by atoms with Crippen LogP contribution in [0.15, 0.2) is 30.9 Å². The van der Waals surface area contributed by atoms with Gasteiger partial charge in [-0.1, -0.05) is 6.07 Å². The van der Waals surface area contributed by atoms with Crippen molar-refractivity contribution in [1.29, 1.82) is 0 Å². The number of aromatic carboxylic acids is 1. The van der Waals surface area contributed by atoms with Crippen LogP contribution < -0.4 is 4.74 Å². The minimum atomic E-state index is -1.01. The summed E-state index contributed by atoms with van der Waals surface area (Å²) in [4.78, 5) is 14.7. The Kier molecular flexibility index (Phi) is 3.04. The lowest BCUT2D eigenvalue weighted by Gasteiger charge is -2.07. The Bertz CT molecular complexity index is 523. The van der Waals surface area contributed by atoms with Crippen LogP contribution in [0.1, 0.15) is 15.9 Å². The van der Waals surface area contributed by atoms with Crippen LogP contribution >= 0.6 is 0 Å². The molecule has 0 bridgehead atoms. The van der Waals surface area contributed by atoms with E-state index in [2.05, 4.69) is 10.1 Å². The number of nitrogens with zero attached hydrogens (tertiary/aromatic N) is 3. The van der Waals surface area contributed by atoms with Crippen LogP contribution in [-0.4, -0.2) is 33.0 Å². The van der Waals surface area contributed by atoms with Gasteiger partial charge in [-0.25, -0.2) is 14.5 Å². The zero-order valence-corrected chi connectivity index (χ0v) is 9.20. The SMILES string of the molecule is COc1cc(Cn2cncn2)ccc1C(=O)O. The Morgan fingerprint density at radius 1 is 1.53 bits per heavy atom. The highest BCUT2D eigenvalue weighted by atomic mass is 16.5. The zero-order valence-electron chi connectivity index (χ0n) is 9.20. The third-order valence-electron chi connectivity index (χ3n) is 2.31. The van der Waals surface area contributed by atoms with Gasteiger partial charge in [-0.15, -0.1) is 0 Å². The highest BCUT2D eigenvalue weighted by Gasteiger charge is 2.11. The molecular formula is C11H11N3O3. The minimum Gasteiger partial charge on any atom is -0.496 e. The normalized spacial score (nSPS) is 10.2. The second-order valence-electron chi connectivity index (χ2n) is 3.43. The van der Waals surface area contributed by atoms with Gasteiger partial charge in [0.05, 0.1) is 13.7 Å². The van der Waals surface area contributed by atoms with Crippen molar-refractivity contribution in [1.82, 2.24) is 14.8 Å². The number of carbonyl (C=O) groups is 1. The van der Waals surface area contributed by atoms with Crippen LogP contribution in [0.25, 0.3) is 0 Å².